The SMILES string of the molecule is Cc1cc(C(=O)Nc2ccc(CC[C@H]3COC(N)=N3)cc2)ncc1Cl.Cc1cc(Cl)cc(C(=O)Nc2ccc(CC[C@H]3COC(N)=N3)cc2)n1. The van der Waals surface area contributed by atoms with Crippen molar-refractivity contribution in [3.05, 3.63) is 117 Å². The van der Waals surface area contributed by atoms with Gasteiger partial charge in [-0.25, -0.2) is 20.0 Å². The van der Waals surface area contributed by atoms with Crippen molar-refractivity contribution in [3.8, 4) is 0 Å². The number of carbonyl (C=O) groups is 2. The highest BCUT2D eigenvalue weighted by Crippen LogP contribution is 2.19. The summed E-state index contributed by atoms with van der Waals surface area (Å²) in [5, 5.41) is 6.69. The summed E-state index contributed by atoms with van der Waals surface area (Å²) >= 11 is 11.9. The Morgan fingerprint density at radius 3 is 1.70 bits per heavy atom. The predicted molar refractivity (Wildman–Crippen MR) is 196 cm³/mol. The Labute approximate surface area is 300 Å². The minimum absolute atomic E-state index is 0.122. The van der Waals surface area contributed by atoms with Crippen LogP contribution in [0.1, 0.15) is 56.2 Å². The van der Waals surface area contributed by atoms with E-state index < -0.39 is 0 Å². The molecule has 2 amide bonds. The summed E-state index contributed by atoms with van der Waals surface area (Å²) in [5.74, 6) is -0.549. The van der Waals surface area contributed by atoms with Crippen LogP contribution in [0.15, 0.2) is 82.9 Å². The molecule has 2 aromatic heterocycles. The Balaban J connectivity index is 0.000000194. The number of aliphatic imine (C=N–C) groups is 2. The Morgan fingerprint density at radius 2 is 1.26 bits per heavy atom. The van der Waals surface area contributed by atoms with Crippen LogP contribution in [0.3, 0.4) is 0 Å². The van der Waals surface area contributed by atoms with Gasteiger partial charge in [0, 0.05) is 28.3 Å². The summed E-state index contributed by atoms with van der Waals surface area (Å²) in [7, 11) is 0. The van der Waals surface area contributed by atoms with Crippen molar-refractivity contribution in [1.82, 2.24) is 9.97 Å². The summed E-state index contributed by atoms with van der Waals surface area (Å²) in [5.41, 5.74) is 16.9. The van der Waals surface area contributed by atoms with Gasteiger partial charge in [-0.05, 0) is 98.7 Å². The molecule has 0 spiro atoms. The average molecular weight is 718 g/mol. The van der Waals surface area contributed by atoms with E-state index >= 15 is 0 Å². The number of rotatable bonds is 10. The van der Waals surface area contributed by atoms with Crippen molar-refractivity contribution in [2.75, 3.05) is 23.8 Å². The number of hydrogen-bond donors (Lipinski definition) is 4. The van der Waals surface area contributed by atoms with Crippen LogP contribution in [-0.4, -0.2) is 59.1 Å². The Hall–Kier alpha value is -5.20. The number of halogens is 2. The second-order valence-corrected chi connectivity index (χ2v) is 12.7. The maximum atomic E-state index is 12.3. The number of ether oxygens (including phenoxy) is 2. The van der Waals surface area contributed by atoms with E-state index in [4.69, 9.17) is 44.1 Å². The smallest absolute Gasteiger partial charge is 0.282 e. The molecule has 4 aromatic rings. The first-order valence-corrected chi connectivity index (χ1v) is 16.8. The van der Waals surface area contributed by atoms with Crippen molar-refractivity contribution in [2.45, 2.75) is 51.6 Å². The molecule has 2 aromatic carbocycles. The molecule has 0 saturated heterocycles. The van der Waals surface area contributed by atoms with E-state index in [-0.39, 0.29) is 35.9 Å². The van der Waals surface area contributed by atoms with Gasteiger partial charge in [-0.3, -0.25) is 9.59 Å². The number of aryl methyl sites for hydroxylation is 4. The van der Waals surface area contributed by atoms with Crippen LogP contribution < -0.4 is 22.1 Å². The van der Waals surface area contributed by atoms with Gasteiger partial charge in [0.15, 0.2) is 0 Å². The summed E-state index contributed by atoms with van der Waals surface area (Å²) in [6.07, 6.45) is 4.97. The molecular formula is C36H38Cl2N8O4. The third kappa shape index (κ3) is 10.6. The Morgan fingerprint density at radius 1 is 0.760 bits per heavy atom. The number of pyridine rings is 2. The standard InChI is InChI=1S/2C18H19ClN4O2/c1-11-8-13(19)9-16(21-11)17(24)22-14-5-2-12(3-6-14)4-7-15-10-25-18(20)23-15;1-11-8-16(21-9-15(11)19)17(24)22-13-5-2-12(3-6-13)4-7-14-10-25-18(20)23-14/h2-3,5-6,8-9,15H,4,7,10H2,1H3,(H2,20,23)(H,22,24);2-3,5-6,8-9,14H,4,7,10H2,1H3,(H2,20,23)(H,22,24)/t15-;14-/m00/s1. The molecule has 6 rings (SSSR count). The molecule has 0 radical (unpaired) electrons. The van der Waals surface area contributed by atoms with Gasteiger partial charge in [-0.1, -0.05) is 47.5 Å². The van der Waals surface area contributed by atoms with Crippen LogP contribution in [0.25, 0.3) is 0 Å². The highest BCUT2D eigenvalue weighted by Gasteiger charge is 2.17. The number of carbonyl (C=O) groups excluding carboxylic acids is 2. The van der Waals surface area contributed by atoms with E-state index in [9.17, 15) is 9.59 Å². The summed E-state index contributed by atoms with van der Waals surface area (Å²) in [6.45, 7) is 4.73. The molecule has 50 heavy (non-hydrogen) atoms. The third-order valence-corrected chi connectivity index (χ3v) is 8.47. The number of nitrogens with zero attached hydrogens (tertiary/aromatic N) is 4. The first-order valence-electron chi connectivity index (χ1n) is 16.0. The molecule has 0 saturated carbocycles. The Kier molecular flexibility index (Phi) is 12.2. The van der Waals surface area contributed by atoms with Crippen LogP contribution in [0.2, 0.25) is 10.0 Å². The highest BCUT2D eigenvalue weighted by molar-refractivity contribution is 6.31. The van der Waals surface area contributed by atoms with Crippen LogP contribution in [0.4, 0.5) is 11.4 Å². The van der Waals surface area contributed by atoms with E-state index in [1.54, 1.807) is 25.1 Å². The number of aromatic nitrogens is 2. The minimum atomic E-state index is -0.286. The van der Waals surface area contributed by atoms with Gasteiger partial charge in [0.1, 0.15) is 24.6 Å². The van der Waals surface area contributed by atoms with Gasteiger partial charge < -0.3 is 31.6 Å². The van der Waals surface area contributed by atoms with Crippen molar-refractivity contribution >= 4 is 58.4 Å². The van der Waals surface area contributed by atoms with E-state index in [1.165, 1.54) is 11.8 Å². The third-order valence-electron chi connectivity index (χ3n) is 7.85. The Bertz CT molecular complexity index is 1860. The van der Waals surface area contributed by atoms with Crippen LogP contribution in [-0.2, 0) is 22.3 Å². The molecule has 2 aliphatic heterocycles. The highest BCUT2D eigenvalue weighted by atomic mass is 35.5. The first kappa shape index (κ1) is 36.1. The fourth-order valence-electron chi connectivity index (χ4n) is 5.14. The lowest BCUT2D eigenvalue weighted by Crippen LogP contribution is -2.14. The first-order chi connectivity index (χ1) is 24.0. The van der Waals surface area contributed by atoms with Crippen molar-refractivity contribution in [3.63, 3.8) is 0 Å². The molecule has 4 heterocycles. The number of amides is 2. The number of amidine groups is 2. The second kappa shape index (κ2) is 17.0. The van der Waals surface area contributed by atoms with Crippen LogP contribution in [0, 0.1) is 13.8 Å². The van der Waals surface area contributed by atoms with E-state index in [0.29, 0.717) is 46.0 Å². The zero-order valence-electron chi connectivity index (χ0n) is 27.7. The summed E-state index contributed by atoms with van der Waals surface area (Å²) in [4.78, 5) is 41.2. The van der Waals surface area contributed by atoms with Gasteiger partial charge >= 0.3 is 0 Å². The molecule has 260 valence electrons. The lowest BCUT2D eigenvalue weighted by molar-refractivity contribution is 0.101. The fourth-order valence-corrected chi connectivity index (χ4v) is 5.50. The van der Waals surface area contributed by atoms with E-state index in [0.717, 1.165) is 42.5 Å². The van der Waals surface area contributed by atoms with Gasteiger partial charge in [0.25, 0.3) is 23.9 Å². The lowest BCUT2D eigenvalue weighted by Gasteiger charge is -2.08. The molecule has 6 N–H and O–H groups in total. The zero-order chi connectivity index (χ0) is 35.6. The lowest BCUT2D eigenvalue weighted by atomic mass is 10.1. The molecule has 2 aliphatic rings. The number of nitrogens with two attached hydrogens (primary N) is 2. The number of nitrogens with one attached hydrogen (secondary N) is 2. The molecular weight excluding hydrogens is 679 g/mol. The molecule has 0 unspecified atom stereocenters. The maximum Gasteiger partial charge on any atom is 0.282 e. The van der Waals surface area contributed by atoms with Crippen LogP contribution >= 0.6 is 23.2 Å². The predicted octanol–water partition coefficient (Wildman–Crippen LogP) is 5.88. The second-order valence-electron chi connectivity index (χ2n) is 11.9. The van der Waals surface area contributed by atoms with Crippen LogP contribution in [0.5, 0.6) is 0 Å². The molecule has 0 bridgehead atoms. The topological polar surface area (TPSA) is 179 Å². The number of hydrogen-bond acceptors (Lipinski definition) is 10. The minimum Gasteiger partial charge on any atom is -0.463 e. The van der Waals surface area contributed by atoms with Crippen molar-refractivity contribution < 1.29 is 19.1 Å². The molecule has 12 nitrogen and oxygen atoms in total. The maximum absolute atomic E-state index is 12.3. The summed E-state index contributed by atoms with van der Waals surface area (Å²) < 4.78 is 10.3. The quantitative estimate of drug-likeness (QED) is 0.157. The van der Waals surface area contributed by atoms with E-state index in [1.807, 2.05) is 55.5 Å². The normalized spacial score (nSPS) is 16.2. The fraction of sp³-hybridized carbons (Fsp3) is 0.278. The molecule has 14 heteroatoms. The van der Waals surface area contributed by atoms with Crippen molar-refractivity contribution in [1.29, 1.82) is 0 Å². The number of anilines is 2. The van der Waals surface area contributed by atoms with Gasteiger partial charge in [0.2, 0.25) is 0 Å². The van der Waals surface area contributed by atoms with Gasteiger partial charge in [-0.15, -0.1) is 0 Å². The van der Waals surface area contributed by atoms with E-state index in [2.05, 4.69) is 30.6 Å². The summed E-state index contributed by atoms with van der Waals surface area (Å²) in [6, 6.07) is 21.1. The number of benzene rings is 2. The molecule has 2 atom stereocenters. The largest absolute Gasteiger partial charge is 0.463 e. The monoisotopic (exact) mass is 716 g/mol. The zero-order valence-corrected chi connectivity index (χ0v) is 29.2. The van der Waals surface area contributed by atoms with Crippen molar-refractivity contribution in [2.24, 2.45) is 21.5 Å². The van der Waals surface area contributed by atoms with Gasteiger partial charge in [-0.2, -0.15) is 0 Å². The molecule has 0 fully saturated rings. The average Bonchev–Trinajstić information content (AvgIpc) is 3.72. The van der Waals surface area contributed by atoms with Gasteiger partial charge in [0.05, 0.1) is 17.1 Å². The molecule has 0 aliphatic carbocycles.